The van der Waals surface area contributed by atoms with E-state index in [1.165, 1.54) is 32.3 Å². The fraction of sp³-hybridized carbons (Fsp3) is 0. The zero-order valence-corrected chi connectivity index (χ0v) is 43.1. The van der Waals surface area contributed by atoms with Crippen molar-refractivity contribution in [1.82, 2.24) is 29.9 Å². The Kier molecular flexibility index (Phi) is 15.7. The summed E-state index contributed by atoms with van der Waals surface area (Å²) < 4.78 is 0. The SMILES string of the molecule is [Pt+2].[Pt+2].[c-]1ccc2ccccc2c1-c1ccccn1.[c-]1ccc2ccccc2c1-c1ccccn1.c1ccc(-c2ccc3c(n2)[n-]c2ccccc23)cc1.c1ccc(-c2ccc3c(n2)[n-]c2ccccc23)cc1. The quantitative estimate of drug-likeness (QED) is 0.163. The molecule has 0 atom stereocenters. The second-order valence-electron chi connectivity index (χ2n) is 16.4. The molecule has 0 unspecified atom stereocenters. The number of hydrogen-bond acceptors (Lipinski definition) is 4. The van der Waals surface area contributed by atoms with Gasteiger partial charge in [0.15, 0.2) is 0 Å². The van der Waals surface area contributed by atoms with E-state index in [1.807, 2.05) is 158 Å². The van der Waals surface area contributed by atoms with Crippen LogP contribution in [0.3, 0.4) is 0 Å². The summed E-state index contributed by atoms with van der Waals surface area (Å²) in [6.07, 6.45) is 3.62. The van der Waals surface area contributed by atoms with Crippen LogP contribution < -0.4 is 9.97 Å². The van der Waals surface area contributed by atoms with Crippen LogP contribution in [0.25, 0.3) is 110 Å². The zero-order valence-electron chi connectivity index (χ0n) is 38.6. The third-order valence-electron chi connectivity index (χ3n) is 12.0. The molecule has 0 saturated heterocycles. The molecule has 14 aromatic rings. The first-order valence-electron chi connectivity index (χ1n) is 23.1. The predicted octanol–water partition coefficient (Wildman–Crippen LogP) is 15.4. The Morgan fingerprint density at radius 1 is 0.292 bits per heavy atom. The van der Waals surface area contributed by atoms with Gasteiger partial charge in [0.2, 0.25) is 0 Å². The first-order valence-corrected chi connectivity index (χ1v) is 23.1. The van der Waals surface area contributed by atoms with Crippen LogP contribution in [0.15, 0.2) is 255 Å². The van der Waals surface area contributed by atoms with Crippen LogP contribution in [-0.2, 0) is 42.1 Å². The summed E-state index contributed by atoms with van der Waals surface area (Å²) in [4.78, 5) is 27.3. The minimum Gasteiger partial charge on any atom is -0.435 e. The first kappa shape index (κ1) is 48.9. The molecule has 0 bridgehead atoms. The average molecular weight is 1290 g/mol. The van der Waals surface area contributed by atoms with Crippen LogP contribution in [0.1, 0.15) is 0 Å². The second-order valence-corrected chi connectivity index (χ2v) is 16.4. The largest absolute Gasteiger partial charge is 2.00 e. The van der Waals surface area contributed by atoms with Gasteiger partial charge in [-0.1, -0.05) is 228 Å². The molecule has 72 heavy (non-hydrogen) atoms. The number of para-hydroxylation sites is 2. The minimum absolute atomic E-state index is 0. The van der Waals surface area contributed by atoms with Crippen LogP contribution in [0.2, 0.25) is 0 Å². The van der Waals surface area contributed by atoms with E-state index in [-0.39, 0.29) is 42.1 Å². The van der Waals surface area contributed by atoms with Crippen molar-refractivity contribution in [2.45, 2.75) is 0 Å². The molecule has 0 amide bonds. The Hall–Kier alpha value is -8.14. The molecular formula is C64H42N6Pt2. The topological polar surface area (TPSA) is 79.8 Å². The van der Waals surface area contributed by atoms with E-state index in [2.05, 4.69) is 139 Å². The molecule has 14 rings (SSSR count). The van der Waals surface area contributed by atoms with Crippen molar-refractivity contribution in [3.05, 3.63) is 267 Å². The molecule has 0 aliphatic heterocycles. The monoisotopic (exact) mass is 1280 g/mol. The van der Waals surface area contributed by atoms with Crippen molar-refractivity contribution in [3.8, 4) is 45.0 Å². The van der Waals surface area contributed by atoms with Gasteiger partial charge in [-0.15, -0.1) is 58.3 Å². The first-order chi connectivity index (χ1) is 34.7. The van der Waals surface area contributed by atoms with Gasteiger partial charge in [-0.25, -0.2) is 0 Å². The van der Waals surface area contributed by atoms with Crippen molar-refractivity contribution in [2.24, 2.45) is 0 Å². The molecule has 0 spiro atoms. The molecule has 6 nitrogen and oxygen atoms in total. The Bertz CT molecular complexity index is 3740. The second kappa shape index (κ2) is 23.2. The van der Waals surface area contributed by atoms with E-state index in [9.17, 15) is 0 Å². The van der Waals surface area contributed by atoms with E-state index < -0.39 is 0 Å². The van der Waals surface area contributed by atoms with E-state index >= 15 is 0 Å². The number of nitrogens with zero attached hydrogens (tertiary/aromatic N) is 6. The van der Waals surface area contributed by atoms with Gasteiger partial charge in [-0.2, -0.15) is 0 Å². The molecule has 0 N–H and O–H groups in total. The maximum atomic E-state index is 4.67. The van der Waals surface area contributed by atoms with Gasteiger partial charge in [-0.05, 0) is 78.6 Å². The van der Waals surface area contributed by atoms with Crippen molar-refractivity contribution in [1.29, 1.82) is 0 Å². The Balaban J connectivity index is 0.000000118. The van der Waals surface area contributed by atoms with E-state index in [0.717, 1.165) is 78.1 Å². The molecule has 8 aromatic carbocycles. The predicted molar refractivity (Wildman–Crippen MR) is 288 cm³/mol. The zero-order chi connectivity index (χ0) is 46.9. The molecule has 0 saturated carbocycles. The summed E-state index contributed by atoms with van der Waals surface area (Å²) in [5.74, 6) is 0. The van der Waals surface area contributed by atoms with Crippen LogP contribution in [0.5, 0.6) is 0 Å². The Morgan fingerprint density at radius 2 is 0.667 bits per heavy atom. The summed E-state index contributed by atoms with van der Waals surface area (Å²) in [5, 5.41) is 9.43. The fourth-order valence-corrected chi connectivity index (χ4v) is 8.62. The molecule has 348 valence electrons. The molecule has 6 heterocycles. The summed E-state index contributed by atoms with van der Waals surface area (Å²) >= 11 is 0. The molecule has 8 heteroatoms. The smallest absolute Gasteiger partial charge is 0.435 e. The molecule has 0 aliphatic rings. The average Bonchev–Trinajstić information content (AvgIpc) is 4.02. The van der Waals surface area contributed by atoms with Gasteiger partial charge in [0, 0.05) is 12.4 Å². The van der Waals surface area contributed by atoms with Crippen molar-refractivity contribution >= 4 is 65.4 Å². The number of pyridine rings is 4. The third-order valence-corrected chi connectivity index (χ3v) is 12.0. The number of rotatable bonds is 4. The normalized spacial score (nSPS) is 10.6. The van der Waals surface area contributed by atoms with Crippen molar-refractivity contribution in [2.75, 3.05) is 0 Å². The molecule has 0 aliphatic carbocycles. The van der Waals surface area contributed by atoms with E-state index in [4.69, 9.17) is 0 Å². The summed E-state index contributed by atoms with van der Waals surface area (Å²) in [6.45, 7) is 0. The van der Waals surface area contributed by atoms with Crippen LogP contribution >= 0.6 is 0 Å². The van der Waals surface area contributed by atoms with Gasteiger partial charge in [0.1, 0.15) is 0 Å². The van der Waals surface area contributed by atoms with Crippen molar-refractivity contribution in [3.63, 3.8) is 0 Å². The Labute approximate surface area is 446 Å². The van der Waals surface area contributed by atoms with E-state index in [1.54, 1.807) is 0 Å². The molecule has 0 radical (unpaired) electrons. The number of benzene rings is 8. The molecular weight excluding hydrogens is 1240 g/mol. The third kappa shape index (κ3) is 10.8. The van der Waals surface area contributed by atoms with Crippen LogP contribution in [-0.4, -0.2) is 19.9 Å². The maximum absolute atomic E-state index is 4.67. The van der Waals surface area contributed by atoms with Gasteiger partial charge < -0.3 is 29.9 Å². The van der Waals surface area contributed by atoms with Gasteiger partial charge in [0.25, 0.3) is 0 Å². The van der Waals surface area contributed by atoms with Crippen molar-refractivity contribution < 1.29 is 42.1 Å². The summed E-state index contributed by atoms with van der Waals surface area (Å²) in [5.41, 5.74) is 11.9. The summed E-state index contributed by atoms with van der Waals surface area (Å²) in [7, 11) is 0. The standard InChI is InChI=1S/2C17H11N2.2C15H10N.2Pt/c2*1-2-6-12(7-3-1)15-11-10-14-13-8-4-5-9-16(13)19-17(14)18-15;2*1-2-8-13-12(6-1)7-5-9-14(13)15-10-3-4-11-16-15;;/h2*1-11H;2*1-8,10-11H;;/q4*-1;2*+2. The van der Waals surface area contributed by atoms with Crippen LogP contribution in [0, 0.1) is 12.1 Å². The minimum atomic E-state index is 0. The Morgan fingerprint density at radius 3 is 1.08 bits per heavy atom. The number of hydrogen-bond donors (Lipinski definition) is 0. The van der Waals surface area contributed by atoms with Gasteiger partial charge in [0.05, 0.1) is 0 Å². The number of aromatic nitrogens is 6. The van der Waals surface area contributed by atoms with Gasteiger partial charge >= 0.3 is 42.1 Å². The molecule has 6 aromatic heterocycles. The number of fused-ring (bicyclic) bond motifs is 8. The van der Waals surface area contributed by atoms with E-state index in [0.29, 0.717) is 0 Å². The summed E-state index contributed by atoms with van der Waals surface area (Å²) in [6, 6.07) is 88.1. The van der Waals surface area contributed by atoms with Gasteiger partial charge in [-0.3, -0.25) is 0 Å². The fourth-order valence-electron chi connectivity index (χ4n) is 8.62. The molecule has 0 fully saturated rings. The maximum Gasteiger partial charge on any atom is 2.00 e. The van der Waals surface area contributed by atoms with Crippen LogP contribution in [0.4, 0.5) is 0 Å².